The summed E-state index contributed by atoms with van der Waals surface area (Å²) in [5.74, 6) is 1.48. The van der Waals surface area contributed by atoms with Crippen molar-refractivity contribution in [3.05, 3.63) is 41.9 Å². The van der Waals surface area contributed by atoms with Crippen LogP contribution in [0.1, 0.15) is 75.9 Å². The molecular weight excluding hydrogens is 406 g/mol. The van der Waals surface area contributed by atoms with Crippen LogP contribution in [0.5, 0.6) is 0 Å². The van der Waals surface area contributed by atoms with Crippen LogP contribution in [0.4, 0.5) is 5.95 Å². The van der Waals surface area contributed by atoms with E-state index < -0.39 is 0 Å². The molecule has 1 aliphatic carbocycles. The van der Waals surface area contributed by atoms with Gasteiger partial charge in [0.25, 0.3) is 0 Å². The first kappa shape index (κ1) is 21.9. The first-order valence-corrected chi connectivity index (χ1v) is 11.3. The number of aldehydes is 1. The average molecular weight is 438 g/mol. The molecule has 0 atom stereocenters. The first-order chi connectivity index (χ1) is 15.6. The largest absolute Gasteiger partial charge is 0.463 e. The van der Waals surface area contributed by atoms with Crippen LogP contribution in [0.3, 0.4) is 0 Å². The highest BCUT2D eigenvalue weighted by molar-refractivity contribution is 5.80. The SMILES string of the molecule is CCCCNc1ncc2c(-c3ccc(C=O)cc3)nc(C3CCC(OC(C)=O)CC3)n2n1.[HH]. The van der Waals surface area contributed by atoms with Gasteiger partial charge in [0.15, 0.2) is 0 Å². The van der Waals surface area contributed by atoms with E-state index in [1.54, 1.807) is 12.1 Å². The number of ether oxygens (including phenoxy) is 1. The number of aromatic nitrogens is 4. The topological polar surface area (TPSA) is 98.5 Å². The van der Waals surface area contributed by atoms with Crippen molar-refractivity contribution in [1.29, 1.82) is 0 Å². The molecule has 1 aliphatic rings. The summed E-state index contributed by atoms with van der Waals surface area (Å²) >= 11 is 0. The Labute approximate surface area is 188 Å². The van der Waals surface area contributed by atoms with Gasteiger partial charge in [-0.15, -0.1) is 5.10 Å². The number of carbonyl (C=O) groups is 2. The van der Waals surface area contributed by atoms with Crippen molar-refractivity contribution < 1.29 is 15.8 Å². The molecule has 1 fully saturated rings. The highest BCUT2D eigenvalue weighted by atomic mass is 16.5. The number of nitrogens with zero attached hydrogens (tertiary/aromatic N) is 4. The molecule has 0 radical (unpaired) electrons. The smallest absolute Gasteiger partial charge is 0.302 e. The van der Waals surface area contributed by atoms with E-state index in [1.807, 2.05) is 22.8 Å². The number of anilines is 1. The molecule has 2 aromatic heterocycles. The summed E-state index contributed by atoms with van der Waals surface area (Å²) in [5.41, 5.74) is 3.19. The first-order valence-electron chi connectivity index (χ1n) is 11.3. The minimum absolute atomic E-state index is 0. The number of hydrogen-bond acceptors (Lipinski definition) is 7. The zero-order valence-electron chi connectivity index (χ0n) is 18.6. The van der Waals surface area contributed by atoms with Gasteiger partial charge >= 0.3 is 5.97 Å². The number of imidazole rings is 1. The zero-order chi connectivity index (χ0) is 22.5. The Kier molecular flexibility index (Phi) is 6.78. The Morgan fingerprint density at radius 2 is 2.00 bits per heavy atom. The van der Waals surface area contributed by atoms with Gasteiger partial charge in [-0.2, -0.15) is 0 Å². The van der Waals surface area contributed by atoms with Crippen LogP contribution in [0.2, 0.25) is 0 Å². The third-order valence-electron chi connectivity index (χ3n) is 5.92. The van der Waals surface area contributed by atoms with Gasteiger partial charge in [-0.05, 0) is 32.1 Å². The average Bonchev–Trinajstić information content (AvgIpc) is 3.18. The van der Waals surface area contributed by atoms with E-state index in [9.17, 15) is 9.59 Å². The Bertz CT molecular complexity index is 1090. The molecule has 0 saturated heterocycles. The maximum Gasteiger partial charge on any atom is 0.302 e. The van der Waals surface area contributed by atoms with Crippen molar-refractivity contribution in [3.63, 3.8) is 0 Å². The lowest BCUT2D eigenvalue weighted by atomic mass is 9.87. The van der Waals surface area contributed by atoms with Crippen molar-refractivity contribution in [1.82, 2.24) is 19.6 Å². The van der Waals surface area contributed by atoms with Gasteiger partial charge in [-0.25, -0.2) is 14.5 Å². The quantitative estimate of drug-likeness (QED) is 0.311. The molecule has 170 valence electrons. The van der Waals surface area contributed by atoms with Crippen LogP contribution in [0.25, 0.3) is 16.8 Å². The number of carbonyl (C=O) groups excluding carboxylic acids is 2. The summed E-state index contributed by atoms with van der Waals surface area (Å²) in [6.45, 7) is 4.42. The summed E-state index contributed by atoms with van der Waals surface area (Å²) < 4.78 is 7.31. The van der Waals surface area contributed by atoms with Gasteiger partial charge in [0.1, 0.15) is 23.7 Å². The van der Waals surface area contributed by atoms with Crippen molar-refractivity contribution in [2.45, 2.75) is 64.4 Å². The second-order valence-corrected chi connectivity index (χ2v) is 8.30. The molecule has 2 heterocycles. The predicted octanol–water partition coefficient (Wildman–Crippen LogP) is 4.65. The summed E-state index contributed by atoms with van der Waals surface area (Å²) in [6.07, 6.45) is 8.15. The summed E-state index contributed by atoms with van der Waals surface area (Å²) in [7, 11) is 0. The highest BCUT2D eigenvalue weighted by Crippen LogP contribution is 2.36. The standard InChI is InChI=1S/C24H29N5O3.H2/c1-3-4-13-25-24-26-14-21-22(18-7-5-17(15-30)6-8-18)27-23(29(21)28-24)19-9-11-20(12-10-19)32-16(2)31;/h5-8,14-15,19-20H,3-4,9-13H2,1-2H3,(H,25,28);1H. The van der Waals surface area contributed by atoms with E-state index in [4.69, 9.17) is 14.8 Å². The molecule has 32 heavy (non-hydrogen) atoms. The van der Waals surface area contributed by atoms with Crippen LogP contribution in [0, 0.1) is 0 Å². The molecule has 0 unspecified atom stereocenters. The maximum atomic E-state index is 11.3. The predicted molar refractivity (Wildman–Crippen MR) is 124 cm³/mol. The number of nitrogens with one attached hydrogen (secondary N) is 1. The molecule has 0 aliphatic heterocycles. The lowest BCUT2D eigenvalue weighted by Crippen LogP contribution is -2.23. The van der Waals surface area contributed by atoms with Gasteiger partial charge in [0.2, 0.25) is 5.95 Å². The number of esters is 1. The highest BCUT2D eigenvalue weighted by Gasteiger charge is 2.29. The van der Waals surface area contributed by atoms with Gasteiger partial charge < -0.3 is 10.1 Å². The normalized spacial score (nSPS) is 18.4. The molecule has 0 bridgehead atoms. The van der Waals surface area contributed by atoms with E-state index in [0.717, 1.165) is 74.0 Å². The lowest BCUT2D eigenvalue weighted by Gasteiger charge is -2.27. The maximum absolute atomic E-state index is 11.3. The summed E-state index contributed by atoms with van der Waals surface area (Å²) in [6, 6.07) is 7.39. The number of benzene rings is 1. The summed E-state index contributed by atoms with van der Waals surface area (Å²) in [5, 5.41) is 8.05. The minimum Gasteiger partial charge on any atom is -0.463 e. The minimum atomic E-state index is -0.226. The van der Waals surface area contributed by atoms with Gasteiger partial charge in [0.05, 0.1) is 11.9 Å². The Balaban J connectivity index is 0.00000306. The Morgan fingerprint density at radius 3 is 2.66 bits per heavy atom. The fraction of sp³-hybridized carbons (Fsp3) is 0.458. The number of fused-ring (bicyclic) bond motifs is 1. The van der Waals surface area contributed by atoms with E-state index in [-0.39, 0.29) is 19.4 Å². The van der Waals surface area contributed by atoms with Crippen LogP contribution in [-0.2, 0) is 9.53 Å². The molecule has 8 nitrogen and oxygen atoms in total. The fourth-order valence-electron chi connectivity index (χ4n) is 4.23. The third kappa shape index (κ3) is 4.79. The molecule has 0 amide bonds. The van der Waals surface area contributed by atoms with E-state index in [0.29, 0.717) is 11.5 Å². The fourth-order valence-corrected chi connectivity index (χ4v) is 4.23. The van der Waals surface area contributed by atoms with Crippen LogP contribution in [-0.4, -0.2) is 44.5 Å². The summed E-state index contributed by atoms with van der Waals surface area (Å²) in [4.78, 5) is 31.8. The molecule has 4 rings (SSSR count). The van der Waals surface area contributed by atoms with Crippen molar-refractivity contribution in [2.75, 3.05) is 11.9 Å². The molecule has 1 saturated carbocycles. The molecule has 3 aromatic rings. The van der Waals surface area contributed by atoms with Crippen molar-refractivity contribution >= 4 is 23.7 Å². The van der Waals surface area contributed by atoms with E-state index >= 15 is 0 Å². The van der Waals surface area contributed by atoms with Crippen LogP contribution in [0.15, 0.2) is 30.5 Å². The monoisotopic (exact) mass is 437 g/mol. The van der Waals surface area contributed by atoms with Crippen LogP contribution >= 0.6 is 0 Å². The van der Waals surface area contributed by atoms with Gasteiger partial charge in [-0.1, -0.05) is 37.6 Å². The molecule has 0 spiro atoms. The van der Waals surface area contributed by atoms with Crippen LogP contribution < -0.4 is 5.32 Å². The van der Waals surface area contributed by atoms with E-state index in [2.05, 4.69) is 17.2 Å². The zero-order valence-corrected chi connectivity index (χ0v) is 18.6. The second-order valence-electron chi connectivity index (χ2n) is 8.30. The molecule has 1 N–H and O–H groups in total. The number of rotatable bonds is 8. The number of hydrogen-bond donors (Lipinski definition) is 1. The van der Waals surface area contributed by atoms with E-state index in [1.165, 1.54) is 6.92 Å². The Morgan fingerprint density at radius 1 is 1.25 bits per heavy atom. The third-order valence-corrected chi connectivity index (χ3v) is 5.92. The Hall–Kier alpha value is -3.29. The second kappa shape index (κ2) is 9.89. The van der Waals surface area contributed by atoms with Gasteiger partial charge in [0, 0.05) is 31.9 Å². The molecule has 8 heteroatoms. The lowest BCUT2D eigenvalue weighted by molar-refractivity contribution is -0.147. The number of unbranched alkanes of at least 4 members (excludes halogenated alkanes) is 1. The molecule has 1 aromatic carbocycles. The molecular formula is C24H31N5O3. The van der Waals surface area contributed by atoms with Gasteiger partial charge in [-0.3, -0.25) is 9.59 Å². The van der Waals surface area contributed by atoms with Crippen molar-refractivity contribution in [3.8, 4) is 11.3 Å². The van der Waals surface area contributed by atoms with Crippen molar-refractivity contribution in [2.24, 2.45) is 0 Å².